The lowest BCUT2D eigenvalue weighted by atomic mass is 9.96. The van der Waals surface area contributed by atoms with Crippen LogP contribution in [0.2, 0.25) is 0 Å². The molecule has 0 aromatic heterocycles. The Morgan fingerprint density at radius 1 is 1.21 bits per heavy atom. The molecule has 102 valence electrons. The number of benzene rings is 1. The first-order chi connectivity index (χ1) is 9.20. The maximum absolute atomic E-state index is 12.1. The summed E-state index contributed by atoms with van der Waals surface area (Å²) in [6.45, 7) is 4.20. The smallest absolute Gasteiger partial charge is 0.332 e. The van der Waals surface area contributed by atoms with Crippen molar-refractivity contribution in [2.75, 3.05) is 18.1 Å². The molecular weight excluding hydrogens is 246 g/mol. The zero-order chi connectivity index (χ0) is 13.8. The van der Waals surface area contributed by atoms with E-state index in [9.17, 15) is 9.59 Å². The van der Waals surface area contributed by atoms with Crippen molar-refractivity contribution in [3.63, 3.8) is 0 Å². The molecular formula is C14H17NO4. The van der Waals surface area contributed by atoms with E-state index < -0.39 is 18.1 Å². The monoisotopic (exact) mass is 263 g/mol. The third-order valence-electron chi connectivity index (χ3n) is 2.95. The third kappa shape index (κ3) is 2.46. The Morgan fingerprint density at radius 2 is 1.89 bits per heavy atom. The van der Waals surface area contributed by atoms with Crippen molar-refractivity contribution < 1.29 is 19.1 Å². The van der Waals surface area contributed by atoms with Crippen LogP contribution in [0.5, 0.6) is 0 Å². The summed E-state index contributed by atoms with van der Waals surface area (Å²) in [6, 6.07) is 8.37. The Hall–Kier alpha value is -1.88. The van der Waals surface area contributed by atoms with Crippen LogP contribution in [0, 0.1) is 0 Å². The summed E-state index contributed by atoms with van der Waals surface area (Å²) in [5.41, 5.74) is 0.682. The molecule has 1 aliphatic rings. The van der Waals surface area contributed by atoms with Crippen molar-refractivity contribution in [2.45, 2.75) is 26.0 Å². The molecule has 1 fully saturated rings. The van der Waals surface area contributed by atoms with Crippen LogP contribution in [0.25, 0.3) is 0 Å². The molecule has 19 heavy (non-hydrogen) atoms. The van der Waals surface area contributed by atoms with Crippen LogP contribution in [0.3, 0.4) is 0 Å². The zero-order valence-corrected chi connectivity index (χ0v) is 11.0. The van der Waals surface area contributed by atoms with E-state index in [4.69, 9.17) is 9.47 Å². The molecule has 0 saturated carbocycles. The molecule has 0 spiro atoms. The molecule has 2 atom stereocenters. The fraction of sp³-hybridized carbons (Fsp3) is 0.429. The molecule has 1 saturated heterocycles. The molecule has 0 radical (unpaired) electrons. The van der Waals surface area contributed by atoms with Gasteiger partial charge in [0.1, 0.15) is 0 Å². The van der Waals surface area contributed by atoms with Crippen LogP contribution in [0.4, 0.5) is 5.69 Å². The zero-order valence-electron chi connectivity index (χ0n) is 11.0. The highest BCUT2D eigenvalue weighted by Gasteiger charge is 2.54. The fourth-order valence-electron chi connectivity index (χ4n) is 2.14. The predicted octanol–water partition coefficient (Wildman–Crippen LogP) is 1.37. The summed E-state index contributed by atoms with van der Waals surface area (Å²) in [5.74, 6) is -0.629. The molecule has 5 heteroatoms. The normalized spacial score (nSPS) is 22.0. The van der Waals surface area contributed by atoms with E-state index in [1.165, 1.54) is 4.90 Å². The van der Waals surface area contributed by atoms with Crippen molar-refractivity contribution >= 4 is 17.6 Å². The first-order valence-electron chi connectivity index (χ1n) is 6.37. The lowest BCUT2D eigenvalue weighted by Gasteiger charge is -2.44. The van der Waals surface area contributed by atoms with Crippen molar-refractivity contribution in [3.8, 4) is 0 Å². The number of hydrogen-bond donors (Lipinski definition) is 0. The molecule has 0 bridgehead atoms. The summed E-state index contributed by atoms with van der Waals surface area (Å²) >= 11 is 0. The van der Waals surface area contributed by atoms with Gasteiger partial charge in [-0.25, -0.2) is 4.79 Å². The van der Waals surface area contributed by atoms with E-state index in [1.807, 2.05) is 18.2 Å². The topological polar surface area (TPSA) is 55.8 Å². The molecule has 1 aliphatic heterocycles. The van der Waals surface area contributed by atoms with E-state index >= 15 is 0 Å². The van der Waals surface area contributed by atoms with Gasteiger partial charge in [0.05, 0.1) is 6.61 Å². The Bertz CT molecular complexity index is 460. The molecule has 1 heterocycles. The Kier molecular flexibility index (Phi) is 4.16. The summed E-state index contributed by atoms with van der Waals surface area (Å²) in [4.78, 5) is 25.4. The molecule has 0 aliphatic carbocycles. The van der Waals surface area contributed by atoms with Gasteiger partial charge in [-0.2, -0.15) is 0 Å². The SMILES string of the molecule is CCOC(=O)[C@@H]1[C@H](OCC)C(=O)N1c1ccccc1. The van der Waals surface area contributed by atoms with Gasteiger partial charge in [-0.3, -0.25) is 9.69 Å². The number of nitrogens with zero attached hydrogens (tertiary/aromatic N) is 1. The van der Waals surface area contributed by atoms with Crippen LogP contribution < -0.4 is 4.90 Å². The summed E-state index contributed by atoms with van der Waals surface area (Å²) in [6.07, 6.45) is -0.732. The number of amides is 1. The number of carbonyl (C=O) groups excluding carboxylic acids is 2. The average Bonchev–Trinajstić information content (AvgIpc) is 2.42. The number of para-hydroxylation sites is 1. The minimum atomic E-state index is -0.732. The standard InChI is InChI=1S/C14H17NO4/c1-3-18-12-11(14(17)19-4-2)15(13(12)16)10-8-6-5-7-9-10/h5-9,11-12H,3-4H2,1-2H3/t11-,12-/m0/s1. The molecule has 1 amide bonds. The van der Waals surface area contributed by atoms with Gasteiger partial charge >= 0.3 is 5.97 Å². The van der Waals surface area contributed by atoms with E-state index in [0.717, 1.165) is 0 Å². The van der Waals surface area contributed by atoms with Gasteiger partial charge in [0.2, 0.25) is 0 Å². The molecule has 0 N–H and O–H groups in total. The van der Waals surface area contributed by atoms with Crippen molar-refractivity contribution in [1.82, 2.24) is 0 Å². The van der Waals surface area contributed by atoms with Crippen LogP contribution in [-0.4, -0.2) is 37.2 Å². The van der Waals surface area contributed by atoms with Crippen molar-refractivity contribution in [2.24, 2.45) is 0 Å². The van der Waals surface area contributed by atoms with E-state index in [2.05, 4.69) is 0 Å². The van der Waals surface area contributed by atoms with Crippen molar-refractivity contribution in [1.29, 1.82) is 0 Å². The number of hydrogen-bond acceptors (Lipinski definition) is 4. The summed E-state index contributed by atoms with van der Waals surface area (Å²) in [5, 5.41) is 0. The second-order valence-electron chi connectivity index (χ2n) is 4.12. The highest BCUT2D eigenvalue weighted by atomic mass is 16.5. The Morgan fingerprint density at radius 3 is 2.47 bits per heavy atom. The van der Waals surface area contributed by atoms with Gasteiger partial charge in [0, 0.05) is 12.3 Å². The highest BCUT2D eigenvalue weighted by molar-refractivity contribution is 6.12. The molecule has 0 unspecified atom stereocenters. The highest BCUT2D eigenvalue weighted by Crippen LogP contribution is 2.30. The van der Waals surface area contributed by atoms with Crippen LogP contribution in [-0.2, 0) is 19.1 Å². The van der Waals surface area contributed by atoms with Gasteiger partial charge in [-0.1, -0.05) is 18.2 Å². The van der Waals surface area contributed by atoms with Crippen molar-refractivity contribution in [3.05, 3.63) is 30.3 Å². The van der Waals surface area contributed by atoms with Crippen LogP contribution >= 0.6 is 0 Å². The first-order valence-corrected chi connectivity index (χ1v) is 6.37. The average molecular weight is 263 g/mol. The first kappa shape index (κ1) is 13.5. The number of β-lactam (4-membered cyclic amide) rings is 1. The maximum Gasteiger partial charge on any atom is 0.332 e. The van der Waals surface area contributed by atoms with Gasteiger partial charge in [0.25, 0.3) is 5.91 Å². The van der Waals surface area contributed by atoms with Gasteiger partial charge in [-0.15, -0.1) is 0 Å². The summed E-state index contributed by atoms with van der Waals surface area (Å²) < 4.78 is 10.3. The Labute approximate surface area is 112 Å². The summed E-state index contributed by atoms with van der Waals surface area (Å²) in [7, 11) is 0. The lowest BCUT2D eigenvalue weighted by Crippen LogP contribution is -2.69. The van der Waals surface area contributed by atoms with Gasteiger partial charge in [0.15, 0.2) is 12.1 Å². The quantitative estimate of drug-likeness (QED) is 0.594. The largest absolute Gasteiger partial charge is 0.464 e. The van der Waals surface area contributed by atoms with Crippen LogP contribution in [0.1, 0.15) is 13.8 Å². The molecule has 2 rings (SSSR count). The molecule has 1 aromatic carbocycles. The lowest BCUT2D eigenvalue weighted by molar-refractivity contribution is -0.161. The van der Waals surface area contributed by atoms with Gasteiger partial charge < -0.3 is 9.47 Å². The Balaban J connectivity index is 2.22. The number of rotatable bonds is 5. The number of anilines is 1. The number of carbonyl (C=O) groups is 2. The second-order valence-corrected chi connectivity index (χ2v) is 4.12. The number of ether oxygens (including phenoxy) is 2. The molecule has 1 aromatic rings. The molecule has 5 nitrogen and oxygen atoms in total. The minimum Gasteiger partial charge on any atom is -0.464 e. The van der Waals surface area contributed by atoms with E-state index in [0.29, 0.717) is 12.3 Å². The third-order valence-corrected chi connectivity index (χ3v) is 2.95. The predicted molar refractivity (Wildman–Crippen MR) is 69.8 cm³/mol. The van der Waals surface area contributed by atoms with E-state index in [-0.39, 0.29) is 12.5 Å². The second kappa shape index (κ2) is 5.84. The van der Waals surface area contributed by atoms with E-state index in [1.54, 1.807) is 26.0 Å². The minimum absolute atomic E-state index is 0.203. The number of esters is 1. The van der Waals surface area contributed by atoms with Gasteiger partial charge in [-0.05, 0) is 26.0 Å². The maximum atomic E-state index is 12.1. The fourth-order valence-corrected chi connectivity index (χ4v) is 2.14. The van der Waals surface area contributed by atoms with Crippen LogP contribution in [0.15, 0.2) is 30.3 Å².